The van der Waals surface area contributed by atoms with Crippen LogP contribution >= 0.6 is 11.3 Å². The second-order valence-electron chi connectivity index (χ2n) is 4.41. The van der Waals surface area contributed by atoms with E-state index in [1.165, 1.54) is 29.5 Å². The van der Waals surface area contributed by atoms with Crippen LogP contribution in [0.4, 0.5) is 9.52 Å². The maximum Gasteiger partial charge on any atom is 0.257 e. The first-order chi connectivity index (χ1) is 10.1. The molecule has 0 aliphatic rings. The lowest BCUT2D eigenvalue weighted by atomic mass is 10.2. The van der Waals surface area contributed by atoms with Gasteiger partial charge in [-0.05, 0) is 37.3 Å². The molecule has 0 aliphatic carbocycles. The molecule has 0 atom stereocenters. The van der Waals surface area contributed by atoms with Crippen molar-refractivity contribution in [3.8, 4) is 11.5 Å². The van der Waals surface area contributed by atoms with Crippen molar-refractivity contribution in [3.63, 3.8) is 0 Å². The molecule has 6 heteroatoms. The first-order valence-electron chi connectivity index (χ1n) is 6.21. The zero-order valence-corrected chi connectivity index (χ0v) is 11.9. The van der Waals surface area contributed by atoms with Crippen LogP contribution in [-0.4, -0.2) is 10.9 Å². The van der Waals surface area contributed by atoms with Crippen molar-refractivity contribution in [2.45, 2.75) is 6.92 Å². The molecule has 106 valence electrons. The molecule has 3 aromatic rings. The fourth-order valence-electron chi connectivity index (χ4n) is 1.82. The molecule has 3 rings (SSSR count). The molecule has 4 nitrogen and oxygen atoms in total. The summed E-state index contributed by atoms with van der Waals surface area (Å²) in [6.45, 7) is 1.85. The van der Waals surface area contributed by atoms with E-state index in [-0.39, 0.29) is 5.56 Å². The van der Waals surface area contributed by atoms with Gasteiger partial charge in [-0.25, -0.2) is 9.37 Å². The van der Waals surface area contributed by atoms with E-state index in [0.29, 0.717) is 16.6 Å². The van der Waals surface area contributed by atoms with Crippen LogP contribution in [0, 0.1) is 12.7 Å². The maximum atomic E-state index is 13.1. The summed E-state index contributed by atoms with van der Waals surface area (Å²) in [4.78, 5) is 16.3. The highest BCUT2D eigenvalue weighted by Gasteiger charge is 2.12. The standard InChI is InChI=1S/C15H11FN2O2S/c1-9-5-6-13(20-9)12-8-21-15(17-12)18-14(19)10-3-2-4-11(16)7-10/h2-8H,1H3,(H,17,18,19). The van der Waals surface area contributed by atoms with Crippen LogP contribution in [0.1, 0.15) is 16.1 Å². The Morgan fingerprint density at radius 2 is 2.19 bits per heavy atom. The minimum absolute atomic E-state index is 0.251. The fraction of sp³-hybridized carbons (Fsp3) is 0.0667. The topological polar surface area (TPSA) is 55.1 Å². The van der Waals surface area contributed by atoms with Gasteiger partial charge in [-0.1, -0.05) is 6.07 Å². The smallest absolute Gasteiger partial charge is 0.257 e. The monoisotopic (exact) mass is 302 g/mol. The Kier molecular flexibility index (Phi) is 3.53. The number of anilines is 1. The molecule has 0 fully saturated rings. The molecule has 21 heavy (non-hydrogen) atoms. The minimum Gasteiger partial charge on any atom is -0.460 e. The molecule has 0 saturated carbocycles. The Bertz CT molecular complexity index is 794. The highest BCUT2D eigenvalue weighted by molar-refractivity contribution is 7.14. The van der Waals surface area contributed by atoms with E-state index in [1.807, 2.05) is 19.1 Å². The SMILES string of the molecule is Cc1ccc(-c2csc(NC(=O)c3cccc(F)c3)n2)o1. The second-order valence-corrected chi connectivity index (χ2v) is 5.27. The van der Waals surface area contributed by atoms with Crippen LogP contribution in [-0.2, 0) is 0 Å². The third kappa shape index (κ3) is 3.00. The van der Waals surface area contributed by atoms with Gasteiger partial charge in [0, 0.05) is 10.9 Å². The molecule has 2 heterocycles. The van der Waals surface area contributed by atoms with E-state index in [1.54, 1.807) is 11.4 Å². The van der Waals surface area contributed by atoms with Crippen molar-refractivity contribution < 1.29 is 13.6 Å². The second kappa shape index (κ2) is 5.49. The Hall–Kier alpha value is -2.47. The van der Waals surface area contributed by atoms with Gasteiger partial charge in [0.25, 0.3) is 5.91 Å². The van der Waals surface area contributed by atoms with Crippen molar-refractivity contribution >= 4 is 22.4 Å². The van der Waals surface area contributed by atoms with Gasteiger partial charge in [-0.15, -0.1) is 11.3 Å². The predicted octanol–water partition coefficient (Wildman–Crippen LogP) is 4.10. The summed E-state index contributed by atoms with van der Waals surface area (Å²) in [7, 11) is 0. The number of aryl methyl sites for hydroxylation is 1. The third-order valence-corrected chi connectivity index (χ3v) is 3.56. The number of nitrogens with zero attached hydrogens (tertiary/aromatic N) is 1. The molecular weight excluding hydrogens is 291 g/mol. The van der Waals surface area contributed by atoms with Crippen LogP contribution in [0.5, 0.6) is 0 Å². The molecular formula is C15H11FN2O2S. The average Bonchev–Trinajstić information content (AvgIpc) is 3.07. The first-order valence-corrected chi connectivity index (χ1v) is 7.09. The first kappa shape index (κ1) is 13.5. The number of furan rings is 1. The van der Waals surface area contributed by atoms with E-state index in [9.17, 15) is 9.18 Å². The van der Waals surface area contributed by atoms with Gasteiger partial charge >= 0.3 is 0 Å². The van der Waals surface area contributed by atoms with Crippen LogP contribution in [0.25, 0.3) is 11.5 Å². The number of aromatic nitrogens is 1. The number of hydrogen-bond acceptors (Lipinski definition) is 4. The van der Waals surface area contributed by atoms with E-state index < -0.39 is 11.7 Å². The van der Waals surface area contributed by atoms with Gasteiger partial charge < -0.3 is 4.42 Å². The van der Waals surface area contributed by atoms with Crippen molar-refractivity contribution in [1.82, 2.24) is 4.98 Å². The van der Waals surface area contributed by atoms with Crippen LogP contribution in [0.15, 0.2) is 46.2 Å². The van der Waals surface area contributed by atoms with Gasteiger partial charge in [-0.3, -0.25) is 10.1 Å². The van der Waals surface area contributed by atoms with E-state index >= 15 is 0 Å². The van der Waals surface area contributed by atoms with Gasteiger partial charge in [-0.2, -0.15) is 0 Å². The molecule has 1 amide bonds. The minimum atomic E-state index is -0.450. The lowest BCUT2D eigenvalue weighted by Crippen LogP contribution is -2.11. The summed E-state index contributed by atoms with van der Waals surface area (Å²) < 4.78 is 18.6. The lowest BCUT2D eigenvalue weighted by Gasteiger charge is -2.01. The summed E-state index contributed by atoms with van der Waals surface area (Å²) in [5.74, 6) is 0.595. The quantitative estimate of drug-likeness (QED) is 0.792. The lowest BCUT2D eigenvalue weighted by molar-refractivity contribution is 0.102. The summed E-state index contributed by atoms with van der Waals surface area (Å²) in [6, 6.07) is 9.17. The summed E-state index contributed by atoms with van der Waals surface area (Å²) in [5, 5.41) is 4.87. The number of rotatable bonds is 3. The highest BCUT2D eigenvalue weighted by Crippen LogP contribution is 2.26. The summed E-state index contributed by atoms with van der Waals surface area (Å²) >= 11 is 1.28. The zero-order chi connectivity index (χ0) is 14.8. The number of halogens is 1. The largest absolute Gasteiger partial charge is 0.460 e. The molecule has 1 N–H and O–H groups in total. The molecule has 2 aromatic heterocycles. The molecule has 0 saturated heterocycles. The average molecular weight is 302 g/mol. The Morgan fingerprint density at radius 1 is 1.33 bits per heavy atom. The van der Waals surface area contributed by atoms with Crippen LogP contribution in [0.2, 0.25) is 0 Å². The number of hydrogen-bond donors (Lipinski definition) is 1. The molecule has 1 aromatic carbocycles. The normalized spacial score (nSPS) is 10.6. The van der Waals surface area contributed by atoms with Gasteiger partial charge in [0.05, 0.1) is 0 Å². The Morgan fingerprint density at radius 3 is 2.90 bits per heavy atom. The zero-order valence-electron chi connectivity index (χ0n) is 11.1. The maximum absolute atomic E-state index is 13.1. The van der Waals surface area contributed by atoms with Crippen LogP contribution < -0.4 is 5.32 Å². The van der Waals surface area contributed by atoms with E-state index in [0.717, 1.165) is 5.76 Å². The third-order valence-electron chi connectivity index (χ3n) is 2.80. The molecule has 0 radical (unpaired) electrons. The van der Waals surface area contributed by atoms with Gasteiger partial charge in [0.1, 0.15) is 17.3 Å². The predicted molar refractivity (Wildman–Crippen MR) is 78.9 cm³/mol. The van der Waals surface area contributed by atoms with Crippen LogP contribution in [0.3, 0.4) is 0 Å². The number of amides is 1. The Labute approximate surface area is 124 Å². The van der Waals surface area contributed by atoms with Gasteiger partial charge in [0.15, 0.2) is 10.9 Å². The van der Waals surface area contributed by atoms with Crippen molar-refractivity contribution in [2.75, 3.05) is 5.32 Å². The number of nitrogens with one attached hydrogen (secondary N) is 1. The Balaban J connectivity index is 1.77. The number of carbonyl (C=O) groups excluding carboxylic acids is 1. The number of benzene rings is 1. The molecule has 0 unspecified atom stereocenters. The number of thiazole rings is 1. The molecule has 0 spiro atoms. The molecule has 0 aliphatic heterocycles. The van der Waals surface area contributed by atoms with Crippen molar-refractivity contribution in [1.29, 1.82) is 0 Å². The van der Waals surface area contributed by atoms with Gasteiger partial charge in [0.2, 0.25) is 0 Å². The summed E-state index contributed by atoms with van der Waals surface area (Å²) in [5.41, 5.74) is 0.906. The van der Waals surface area contributed by atoms with E-state index in [4.69, 9.17) is 4.42 Å². The molecule has 0 bridgehead atoms. The van der Waals surface area contributed by atoms with Crippen molar-refractivity contribution in [3.05, 3.63) is 58.9 Å². The number of carbonyl (C=O) groups is 1. The fourth-order valence-corrected chi connectivity index (χ4v) is 2.51. The summed E-state index contributed by atoms with van der Waals surface area (Å²) in [6.07, 6.45) is 0. The highest BCUT2D eigenvalue weighted by atomic mass is 32.1. The van der Waals surface area contributed by atoms with E-state index in [2.05, 4.69) is 10.3 Å². The van der Waals surface area contributed by atoms with Crippen molar-refractivity contribution in [2.24, 2.45) is 0 Å².